The first-order chi connectivity index (χ1) is 8.56. The topological polar surface area (TPSA) is 94.9 Å². The predicted octanol–water partition coefficient (Wildman–Crippen LogP) is 1.06. The average molecular weight is 242 g/mol. The van der Waals surface area contributed by atoms with E-state index in [1.54, 1.807) is 0 Å². The summed E-state index contributed by atoms with van der Waals surface area (Å²) in [6, 6.07) is 8.05. The minimum absolute atomic E-state index is 0.125. The molecule has 4 N–H and O–H groups in total. The summed E-state index contributed by atoms with van der Waals surface area (Å²) >= 11 is 0. The van der Waals surface area contributed by atoms with E-state index in [2.05, 4.69) is 16.0 Å². The van der Waals surface area contributed by atoms with Gasteiger partial charge in [0.2, 0.25) is 0 Å². The molecular formula is C13H14N4O. The summed E-state index contributed by atoms with van der Waals surface area (Å²) in [7, 11) is 0. The summed E-state index contributed by atoms with van der Waals surface area (Å²) in [5, 5.41) is 0. The molecule has 0 aliphatic carbocycles. The Bertz CT molecular complexity index is 595. The maximum atomic E-state index is 11.0. The van der Waals surface area contributed by atoms with Crippen molar-refractivity contribution in [2.45, 2.75) is 13.3 Å². The van der Waals surface area contributed by atoms with Crippen molar-refractivity contribution in [3.05, 3.63) is 53.0 Å². The third-order valence-electron chi connectivity index (χ3n) is 2.58. The van der Waals surface area contributed by atoms with Crippen LogP contribution >= 0.6 is 0 Å². The number of benzene rings is 1. The van der Waals surface area contributed by atoms with Crippen molar-refractivity contribution in [1.29, 1.82) is 0 Å². The molecule has 0 atom stereocenters. The Hall–Kier alpha value is -2.43. The van der Waals surface area contributed by atoms with Crippen molar-refractivity contribution in [2.24, 2.45) is 5.73 Å². The lowest BCUT2D eigenvalue weighted by molar-refractivity contribution is 0.100. The number of anilines is 1. The molecule has 0 saturated heterocycles. The van der Waals surface area contributed by atoms with Gasteiger partial charge >= 0.3 is 0 Å². The van der Waals surface area contributed by atoms with Crippen molar-refractivity contribution in [3.63, 3.8) is 0 Å². The molecule has 0 radical (unpaired) electrons. The van der Waals surface area contributed by atoms with Gasteiger partial charge < -0.3 is 11.5 Å². The van der Waals surface area contributed by atoms with E-state index in [-0.39, 0.29) is 11.4 Å². The molecule has 0 aliphatic rings. The Morgan fingerprint density at radius 3 is 2.78 bits per heavy atom. The van der Waals surface area contributed by atoms with Gasteiger partial charge in [-0.1, -0.05) is 29.8 Å². The van der Waals surface area contributed by atoms with Crippen molar-refractivity contribution in [2.75, 3.05) is 5.73 Å². The lowest BCUT2D eigenvalue weighted by Gasteiger charge is -2.04. The number of primary amides is 1. The first-order valence-electron chi connectivity index (χ1n) is 5.53. The quantitative estimate of drug-likeness (QED) is 0.841. The van der Waals surface area contributed by atoms with Gasteiger partial charge in [0.1, 0.15) is 11.6 Å². The molecule has 1 amide bonds. The molecule has 1 heterocycles. The second kappa shape index (κ2) is 4.83. The molecule has 0 saturated carbocycles. The van der Waals surface area contributed by atoms with Crippen LogP contribution in [0.3, 0.4) is 0 Å². The van der Waals surface area contributed by atoms with Crippen molar-refractivity contribution >= 4 is 11.7 Å². The first kappa shape index (κ1) is 12.0. The zero-order valence-corrected chi connectivity index (χ0v) is 10.1. The number of hydrogen-bond donors (Lipinski definition) is 2. The molecule has 0 aliphatic heterocycles. The normalized spacial score (nSPS) is 10.3. The number of hydrogen-bond acceptors (Lipinski definition) is 4. The van der Waals surface area contributed by atoms with Crippen LogP contribution < -0.4 is 11.5 Å². The van der Waals surface area contributed by atoms with Gasteiger partial charge in [0.15, 0.2) is 0 Å². The third kappa shape index (κ3) is 2.63. The van der Waals surface area contributed by atoms with Crippen molar-refractivity contribution < 1.29 is 4.79 Å². The fourth-order valence-corrected chi connectivity index (χ4v) is 1.71. The van der Waals surface area contributed by atoms with Crippen LogP contribution in [0.5, 0.6) is 0 Å². The monoisotopic (exact) mass is 242 g/mol. The van der Waals surface area contributed by atoms with Crippen LogP contribution in [0.15, 0.2) is 30.5 Å². The van der Waals surface area contributed by atoms with E-state index in [9.17, 15) is 4.79 Å². The molecule has 0 bridgehead atoms. The fraction of sp³-hybridized carbons (Fsp3) is 0.154. The molecule has 0 spiro atoms. The van der Waals surface area contributed by atoms with Crippen LogP contribution in [0, 0.1) is 6.92 Å². The lowest BCUT2D eigenvalue weighted by atomic mass is 10.1. The van der Waals surface area contributed by atoms with E-state index in [1.807, 2.05) is 25.1 Å². The highest BCUT2D eigenvalue weighted by atomic mass is 16.1. The van der Waals surface area contributed by atoms with Crippen LogP contribution in [0.2, 0.25) is 0 Å². The Labute approximate surface area is 105 Å². The van der Waals surface area contributed by atoms with Crippen LogP contribution in [0.1, 0.15) is 27.3 Å². The Kier molecular flexibility index (Phi) is 3.23. The van der Waals surface area contributed by atoms with Gasteiger partial charge in [-0.15, -0.1) is 0 Å². The Morgan fingerprint density at radius 2 is 2.17 bits per heavy atom. The molecule has 0 fully saturated rings. The number of aromatic nitrogens is 2. The third-order valence-corrected chi connectivity index (χ3v) is 2.58. The van der Waals surface area contributed by atoms with Gasteiger partial charge in [-0.25, -0.2) is 9.97 Å². The second-order valence-corrected chi connectivity index (χ2v) is 4.12. The minimum Gasteiger partial charge on any atom is -0.383 e. The Balaban J connectivity index is 2.25. The van der Waals surface area contributed by atoms with E-state index >= 15 is 0 Å². The Morgan fingerprint density at radius 1 is 1.39 bits per heavy atom. The number of carbonyl (C=O) groups is 1. The highest BCUT2D eigenvalue weighted by molar-refractivity contribution is 5.96. The van der Waals surface area contributed by atoms with E-state index in [0.717, 1.165) is 5.56 Å². The standard InChI is InChI=1S/C13H14N4O/c1-8-3-2-4-9(5-8)6-11-16-7-10(13(15)18)12(14)17-11/h2-5,7H,6H2,1H3,(H2,15,18)(H2,14,16,17). The van der Waals surface area contributed by atoms with Gasteiger partial charge in [-0.05, 0) is 12.5 Å². The smallest absolute Gasteiger partial charge is 0.254 e. The molecule has 5 nitrogen and oxygen atoms in total. The molecule has 2 rings (SSSR count). The molecule has 18 heavy (non-hydrogen) atoms. The van der Waals surface area contributed by atoms with Gasteiger partial charge in [0.05, 0.1) is 5.56 Å². The lowest BCUT2D eigenvalue weighted by Crippen LogP contribution is -2.16. The molecule has 5 heteroatoms. The summed E-state index contributed by atoms with van der Waals surface area (Å²) in [6.45, 7) is 2.02. The zero-order chi connectivity index (χ0) is 13.1. The van der Waals surface area contributed by atoms with Gasteiger partial charge in [0, 0.05) is 12.6 Å². The molecule has 2 aromatic rings. The second-order valence-electron chi connectivity index (χ2n) is 4.12. The number of aryl methyl sites for hydroxylation is 1. The van der Waals surface area contributed by atoms with E-state index < -0.39 is 5.91 Å². The predicted molar refractivity (Wildman–Crippen MR) is 68.9 cm³/mol. The maximum Gasteiger partial charge on any atom is 0.254 e. The average Bonchev–Trinajstić information content (AvgIpc) is 2.28. The van der Waals surface area contributed by atoms with Crippen LogP contribution in [0.25, 0.3) is 0 Å². The number of nitrogens with two attached hydrogens (primary N) is 2. The highest BCUT2D eigenvalue weighted by Crippen LogP contribution is 2.11. The van der Waals surface area contributed by atoms with E-state index in [4.69, 9.17) is 11.5 Å². The molecular weight excluding hydrogens is 228 g/mol. The largest absolute Gasteiger partial charge is 0.383 e. The molecule has 0 unspecified atom stereocenters. The minimum atomic E-state index is -0.616. The van der Waals surface area contributed by atoms with Crippen LogP contribution in [0.4, 0.5) is 5.82 Å². The van der Waals surface area contributed by atoms with Crippen LogP contribution in [-0.2, 0) is 6.42 Å². The number of amides is 1. The van der Waals surface area contributed by atoms with Gasteiger partial charge in [-0.3, -0.25) is 4.79 Å². The SMILES string of the molecule is Cc1cccc(Cc2ncc(C(N)=O)c(N)n2)c1. The summed E-state index contributed by atoms with van der Waals surface area (Å²) < 4.78 is 0. The number of nitrogens with zero attached hydrogens (tertiary/aromatic N) is 2. The summed E-state index contributed by atoms with van der Waals surface area (Å²) in [4.78, 5) is 19.2. The zero-order valence-electron chi connectivity index (χ0n) is 10.1. The number of nitrogen functional groups attached to an aromatic ring is 1. The summed E-state index contributed by atoms with van der Waals surface area (Å²) in [5.74, 6) is 0.0814. The molecule has 1 aromatic heterocycles. The van der Waals surface area contributed by atoms with Gasteiger partial charge in [0.25, 0.3) is 5.91 Å². The number of carbonyl (C=O) groups excluding carboxylic acids is 1. The molecule has 92 valence electrons. The maximum absolute atomic E-state index is 11.0. The highest BCUT2D eigenvalue weighted by Gasteiger charge is 2.09. The first-order valence-corrected chi connectivity index (χ1v) is 5.53. The summed E-state index contributed by atoms with van der Waals surface area (Å²) in [6.07, 6.45) is 1.95. The summed E-state index contributed by atoms with van der Waals surface area (Å²) in [5.41, 5.74) is 13.2. The van der Waals surface area contributed by atoms with Crippen molar-refractivity contribution in [1.82, 2.24) is 9.97 Å². The van der Waals surface area contributed by atoms with E-state index in [0.29, 0.717) is 12.2 Å². The van der Waals surface area contributed by atoms with Crippen molar-refractivity contribution in [3.8, 4) is 0 Å². The fourth-order valence-electron chi connectivity index (χ4n) is 1.71. The van der Waals surface area contributed by atoms with Gasteiger partial charge in [-0.2, -0.15) is 0 Å². The van der Waals surface area contributed by atoms with Crippen LogP contribution in [-0.4, -0.2) is 15.9 Å². The van der Waals surface area contributed by atoms with E-state index in [1.165, 1.54) is 11.8 Å². The number of rotatable bonds is 3. The molecule has 1 aromatic carbocycles.